The Morgan fingerprint density at radius 3 is 1.69 bits per heavy atom. The molecule has 2 amide bonds. The largest absolute Gasteiger partial charge is 0.274 e. The smallest absolute Gasteiger partial charge is 0.240 e. The molecule has 0 radical (unpaired) electrons. The maximum absolute atomic E-state index is 13.1. The van der Waals surface area contributed by atoms with Crippen molar-refractivity contribution in [2.75, 3.05) is 11.2 Å². The van der Waals surface area contributed by atoms with Crippen LogP contribution in [0, 0.1) is 11.8 Å². The number of carbonyl (C=O) groups is 2. The summed E-state index contributed by atoms with van der Waals surface area (Å²) in [4.78, 5) is 24.8. The normalized spacial score (nSPS) is 37.7. The minimum absolute atomic E-state index is 0.0946. The first-order valence-electron chi connectivity index (χ1n) is 7.38. The lowest BCUT2D eigenvalue weighted by Crippen LogP contribution is -2.50. The Morgan fingerprint density at radius 2 is 1.31 bits per heavy atom. The number of benzene rings is 1. The van der Waals surface area contributed by atoms with E-state index in [-0.39, 0.29) is 10.1 Å². The second-order valence-corrected chi connectivity index (χ2v) is 10.4. The van der Waals surface area contributed by atoms with Crippen LogP contribution in [-0.4, -0.2) is 32.2 Å². The zero-order chi connectivity index (χ0) is 19.2. The predicted molar refractivity (Wildman–Crippen MR) is 108 cm³/mol. The molecule has 26 heavy (non-hydrogen) atoms. The van der Waals surface area contributed by atoms with E-state index in [4.69, 9.17) is 69.6 Å². The summed E-state index contributed by atoms with van der Waals surface area (Å²) in [6.07, 6.45) is 1.92. The molecule has 1 aromatic rings. The second-order valence-electron chi connectivity index (χ2n) is 6.29. The number of fused-ring (bicyclic) bond motifs is 5. The van der Waals surface area contributed by atoms with Crippen LogP contribution >= 0.6 is 81.4 Å². The molecule has 0 spiro atoms. The van der Waals surface area contributed by atoms with Crippen molar-refractivity contribution < 1.29 is 9.59 Å². The van der Waals surface area contributed by atoms with Crippen LogP contribution in [0.2, 0.25) is 0 Å². The molecular weight excluding hydrogens is 483 g/mol. The number of anilines is 1. The summed E-state index contributed by atoms with van der Waals surface area (Å²) in [6, 6.07) is 6.97. The highest BCUT2D eigenvalue weighted by atomic mass is 35.5. The van der Waals surface area contributed by atoms with Crippen LogP contribution in [0.25, 0.3) is 0 Å². The van der Waals surface area contributed by atoms with Crippen molar-refractivity contribution in [1.82, 2.24) is 0 Å². The SMILES string of the molecule is CSc1ccc(N2C(=O)[C@@H]3[C@@H](C2=O)[C@]2(Cl)C(Cl)=C(Cl)[C@]3(Cl)C2(Cl)Cl)cc1. The summed E-state index contributed by atoms with van der Waals surface area (Å²) >= 11 is 40.3. The summed E-state index contributed by atoms with van der Waals surface area (Å²) in [7, 11) is 0. The van der Waals surface area contributed by atoms with Gasteiger partial charge in [0.25, 0.3) is 0 Å². The van der Waals surface area contributed by atoms with E-state index in [1.54, 1.807) is 23.9 Å². The molecular formula is C16H9Cl6NO2S. The highest BCUT2D eigenvalue weighted by Crippen LogP contribution is 2.77. The van der Waals surface area contributed by atoms with Gasteiger partial charge >= 0.3 is 0 Å². The molecule has 3 nitrogen and oxygen atoms in total. The van der Waals surface area contributed by atoms with E-state index in [0.717, 1.165) is 9.80 Å². The van der Waals surface area contributed by atoms with E-state index < -0.39 is 37.7 Å². The zero-order valence-electron chi connectivity index (χ0n) is 12.9. The first-order valence-corrected chi connectivity index (χ1v) is 10.9. The van der Waals surface area contributed by atoms with E-state index in [1.165, 1.54) is 0 Å². The van der Waals surface area contributed by atoms with Gasteiger partial charge in [-0.25, -0.2) is 4.90 Å². The number of alkyl halides is 4. The summed E-state index contributed by atoms with van der Waals surface area (Å²) in [5, 5.41) is -0.189. The lowest BCUT2D eigenvalue weighted by Gasteiger charge is -2.34. The second kappa shape index (κ2) is 5.85. The summed E-state index contributed by atoms with van der Waals surface area (Å²) in [5.41, 5.74) is 0.411. The molecule has 0 unspecified atom stereocenters. The summed E-state index contributed by atoms with van der Waals surface area (Å²) in [6.45, 7) is 0. The Kier molecular flexibility index (Phi) is 4.39. The molecule has 2 bridgehead atoms. The van der Waals surface area contributed by atoms with Crippen molar-refractivity contribution in [1.29, 1.82) is 0 Å². The lowest BCUT2D eigenvalue weighted by molar-refractivity contribution is -0.123. The average molecular weight is 492 g/mol. The molecule has 0 N–H and O–H groups in total. The van der Waals surface area contributed by atoms with Crippen LogP contribution in [-0.2, 0) is 9.59 Å². The van der Waals surface area contributed by atoms with Gasteiger partial charge in [-0.2, -0.15) is 0 Å². The van der Waals surface area contributed by atoms with Gasteiger partial charge in [0, 0.05) is 4.90 Å². The number of halogens is 6. The number of carbonyl (C=O) groups excluding carboxylic acids is 2. The van der Waals surface area contributed by atoms with E-state index in [0.29, 0.717) is 5.69 Å². The number of allylic oxidation sites excluding steroid dienone is 2. The molecule has 1 aliphatic heterocycles. The van der Waals surface area contributed by atoms with Crippen LogP contribution in [0.5, 0.6) is 0 Å². The maximum atomic E-state index is 13.1. The number of imide groups is 1. The summed E-state index contributed by atoms with van der Waals surface area (Å²) < 4.78 is -1.91. The van der Waals surface area contributed by atoms with Crippen molar-refractivity contribution >= 4 is 98.9 Å². The Balaban J connectivity index is 1.86. The van der Waals surface area contributed by atoms with Crippen molar-refractivity contribution in [2.24, 2.45) is 11.8 Å². The Bertz CT molecular complexity index is 841. The van der Waals surface area contributed by atoms with Gasteiger partial charge in [0.2, 0.25) is 11.8 Å². The lowest BCUT2D eigenvalue weighted by atomic mass is 9.84. The molecule has 1 heterocycles. The molecule has 1 aromatic carbocycles. The molecule has 3 aliphatic rings. The van der Waals surface area contributed by atoms with Gasteiger partial charge in [0.05, 0.1) is 27.6 Å². The van der Waals surface area contributed by atoms with Crippen molar-refractivity contribution in [2.45, 2.75) is 19.0 Å². The monoisotopic (exact) mass is 489 g/mol. The molecule has 1 saturated carbocycles. The van der Waals surface area contributed by atoms with Gasteiger partial charge in [0.15, 0.2) is 4.33 Å². The first kappa shape index (κ1) is 19.5. The Labute approximate surface area is 183 Å². The summed E-state index contributed by atoms with van der Waals surface area (Å²) in [5.74, 6) is -3.33. The van der Waals surface area contributed by atoms with Crippen LogP contribution < -0.4 is 4.90 Å². The third-order valence-corrected chi connectivity index (χ3v) is 10.2. The number of rotatable bonds is 2. The van der Waals surface area contributed by atoms with Crippen LogP contribution in [0.3, 0.4) is 0 Å². The quantitative estimate of drug-likeness (QED) is 0.317. The fourth-order valence-corrected chi connectivity index (χ4v) is 7.32. The molecule has 2 fully saturated rings. The molecule has 10 heteroatoms. The van der Waals surface area contributed by atoms with Crippen LogP contribution in [0.15, 0.2) is 39.2 Å². The third kappa shape index (κ3) is 1.93. The number of hydrogen-bond donors (Lipinski definition) is 0. The van der Waals surface area contributed by atoms with Gasteiger partial charge in [-0.1, -0.05) is 46.4 Å². The third-order valence-electron chi connectivity index (χ3n) is 5.24. The minimum atomic E-state index is -1.91. The molecule has 1 saturated heterocycles. The number of nitrogens with zero attached hydrogens (tertiary/aromatic N) is 1. The first-order chi connectivity index (χ1) is 12.0. The Hall–Kier alpha value is 0.190. The highest BCUT2D eigenvalue weighted by molar-refractivity contribution is 7.98. The predicted octanol–water partition coefficient (Wildman–Crippen LogP) is 5.36. The van der Waals surface area contributed by atoms with Gasteiger partial charge in [-0.15, -0.1) is 35.0 Å². The minimum Gasteiger partial charge on any atom is -0.274 e. The molecule has 2 aliphatic carbocycles. The Morgan fingerprint density at radius 1 is 0.885 bits per heavy atom. The molecule has 4 rings (SSSR count). The molecule has 138 valence electrons. The van der Waals surface area contributed by atoms with E-state index in [1.807, 2.05) is 18.4 Å². The average Bonchev–Trinajstić information content (AvgIpc) is 3.00. The van der Waals surface area contributed by atoms with Gasteiger partial charge in [-0.05, 0) is 30.5 Å². The number of amides is 2. The van der Waals surface area contributed by atoms with Crippen molar-refractivity contribution in [3.05, 3.63) is 34.3 Å². The van der Waals surface area contributed by atoms with Crippen molar-refractivity contribution in [3.8, 4) is 0 Å². The van der Waals surface area contributed by atoms with Crippen LogP contribution in [0.1, 0.15) is 0 Å². The molecule has 0 aromatic heterocycles. The van der Waals surface area contributed by atoms with E-state index in [2.05, 4.69) is 0 Å². The maximum Gasteiger partial charge on any atom is 0.240 e. The van der Waals surface area contributed by atoms with E-state index in [9.17, 15) is 9.59 Å². The number of hydrogen-bond acceptors (Lipinski definition) is 3. The van der Waals surface area contributed by atoms with Crippen molar-refractivity contribution in [3.63, 3.8) is 0 Å². The molecule has 4 atom stereocenters. The van der Waals surface area contributed by atoms with Gasteiger partial charge in [-0.3, -0.25) is 9.59 Å². The van der Waals surface area contributed by atoms with Gasteiger partial charge in [0.1, 0.15) is 9.75 Å². The fraction of sp³-hybridized carbons (Fsp3) is 0.375. The number of thioether (sulfide) groups is 1. The van der Waals surface area contributed by atoms with Crippen LogP contribution in [0.4, 0.5) is 5.69 Å². The highest BCUT2D eigenvalue weighted by Gasteiger charge is 2.87. The fourth-order valence-electron chi connectivity index (χ4n) is 3.98. The topological polar surface area (TPSA) is 37.4 Å². The van der Waals surface area contributed by atoms with E-state index >= 15 is 0 Å². The standard InChI is InChI=1S/C16H9Cl6NO2S/c1-26-7-4-2-6(3-5-7)23-12(24)8-9(13(23)25)15(20)11(18)10(17)14(8,19)16(15,21)22/h2-5,8-9H,1H3/t8-,9-,14-,15-/m0/s1. The zero-order valence-corrected chi connectivity index (χ0v) is 18.3. The van der Waals surface area contributed by atoms with Gasteiger partial charge < -0.3 is 0 Å².